The van der Waals surface area contributed by atoms with Crippen molar-refractivity contribution in [1.82, 2.24) is 25.1 Å². The van der Waals surface area contributed by atoms with Gasteiger partial charge in [0.25, 0.3) is 0 Å². The fraction of sp³-hybridized carbons (Fsp3) is 0.647. The zero-order valence-electron chi connectivity index (χ0n) is 16.7. The van der Waals surface area contributed by atoms with Gasteiger partial charge in [-0.25, -0.2) is 9.97 Å². The average molecular weight is 403 g/mol. The van der Waals surface area contributed by atoms with Crippen LogP contribution in [0.1, 0.15) is 26.5 Å². The fourth-order valence-electron chi connectivity index (χ4n) is 2.36. The number of halogens is 3. The van der Waals surface area contributed by atoms with Gasteiger partial charge in [0, 0.05) is 39.4 Å². The van der Waals surface area contributed by atoms with Gasteiger partial charge in [-0.05, 0) is 26.8 Å². The van der Waals surface area contributed by atoms with Crippen molar-refractivity contribution in [1.29, 1.82) is 0 Å². The Balaban J connectivity index is 2.64. The highest BCUT2D eigenvalue weighted by molar-refractivity contribution is 5.86. The van der Waals surface area contributed by atoms with E-state index in [9.17, 15) is 18.0 Å². The van der Waals surface area contributed by atoms with Crippen LogP contribution >= 0.6 is 0 Å². The first-order chi connectivity index (χ1) is 13.2. The standard InChI is InChI=1S/C17H28F3N7O/c1-5-21-16(26(4)12-14(28)27(6-2)7-3)24-11-10-23-15-22-9-8-13(25-15)17(18,19)20/h8-9H,5-7,10-12H2,1-4H3,(H,21,24)(H,22,23,25). The number of guanidine groups is 1. The van der Waals surface area contributed by atoms with E-state index < -0.39 is 11.9 Å². The summed E-state index contributed by atoms with van der Waals surface area (Å²) in [5.74, 6) is 0.420. The van der Waals surface area contributed by atoms with E-state index >= 15 is 0 Å². The Morgan fingerprint density at radius 2 is 1.93 bits per heavy atom. The van der Waals surface area contributed by atoms with Gasteiger partial charge in [-0.15, -0.1) is 0 Å². The highest BCUT2D eigenvalue weighted by Crippen LogP contribution is 2.27. The quantitative estimate of drug-likeness (QED) is 0.371. The molecule has 1 heterocycles. The maximum atomic E-state index is 12.7. The molecule has 8 nitrogen and oxygen atoms in total. The third-order valence-electron chi connectivity index (χ3n) is 3.79. The molecule has 1 aromatic rings. The molecule has 1 amide bonds. The summed E-state index contributed by atoms with van der Waals surface area (Å²) < 4.78 is 38.0. The molecule has 0 saturated heterocycles. The molecular formula is C17H28F3N7O. The Bertz CT molecular complexity index is 648. The van der Waals surface area contributed by atoms with Crippen LogP contribution in [0.15, 0.2) is 17.3 Å². The van der Waals surface area contributed by atoms with Crippen LogP contribution in [0.5, 0.6) is 0 Å². The first-order valence-electron chi connectivity index (χ1n) is 9.14. The van der Waals surface area contributed by atoms with Gasteiger partial charge in [0.05, 0.1) is 13.1 Å². The first-order valence-corrected chi connectivity index (χ1v) is 9.14. The molecule has 0 radical (unpaired) electrons. The second kappa shape index (κ2) is 11.3. The van der Waals surface area contributed by atoms with Crippen LogP contribution in [0.2, 0.25) is 0 Å². The van der Waals surface area contributed by atoms with Crippen LogP contribution in [-0.2, 0) is 11.0 Å². The molecule has 2 N–H and O–H groups in total. The van der Waals surface area contributed by atoms with E-state index in [0.29, 0.717) is 25.6 Å². The van der Waals surface area contributed by atoms with Crippen LogP contribution in [0.3, 0.4) is 0 Å². The Hall–Kier alpha value is -2.59. The van der Waals surface area contributed by atoms with E-state index in [1.54, 1.807) is 16.8 Å². The first kappa shape index (κ1) is 23.4. The Morgan fingerprint density at radius 3 is 2.50 bits per heavy atom. The van der Waals surface area contributed by atoms with Gasteiger partial charge in [0.1, 0.15) is 5.69 Å². The van der Waals surface area contributed by atoms with Crippen LogP contribution in [0, 0.1) is 0 Å². The molecule has 11 heteroatoms. The Kier molecular flexibility index (Phi) is 9.46. The van der Waals surface area contributed by atoms with Gasteiger partial charge in [-0.3, -0.25) is 9.79 Å². The molecule has 1 aromatic heterocycles. The van der Waals surface area contributed by atoms with Gasteiger partial charge in [-0.2, -0.15) is 13.2 Å². The number of alkyl halides is 3. The lowest BCUT2D eigenvalue weighted by Gasteiger charge is -2.25. The summed E-state index contributed by atoms with van der Waals surface area (Å²) in [6.07, 6.45) is -3.46. The zero-order chi connectivity index (χ0) is 21.2. The van der Waals surface area contributed by atoms with Crippen LogP contribution in [-0.4, -0.2) is 78.0 Å². The normalized spacial score (nSPS) is 11.9. The van der Waals surface area contributed by atoms with Crippen LogP contribution in [0.25, 0.3) is 0 Å². The number of nitrogens with zero attached hydrogens (tertiary/aromatic N) is 5. The van der Waals surface area contributed by atoms with E-state index in [1.807, 2.05) is 20.8 Å². The minimum absolute atomic E-state index is 0.00593. The molecule has 0 bridgehead atoms. The molecular weight excluding hydrogens is 375 g/mol. The number of carbonyl (C=O) groups is 1. The fourth-order valence-corrected chi connectivity index (χ4v) is 2.36. The molecule has 0 saturated carbocycles. The van der Waals surface area contributed by atoms with E-state index in [2.05, 4.69) is 25.6 Å². The molecule has 0 fully saturated rings. The summed E-state index contributed by atoms with van der Waals surface area (Å²) in [5, 5.41) is 5.81. The average Bonchev–Trinajstić information content (AvgIpc) is 2.64. The van der Waals surface area contributed by atoms with Crippen molar-refractivity contribution in [2.45, 2.75) is 26.9 Å². The number of amides is 1. The third kappa shape index (κ3) is 7.57. The summed E-state index contributed by atoms with van der Waals surface area (Å²) >= 11 is 0. The molecule has 1 rings (SSSR count). The van der Waals surface area contributed by atoms with Crippen molar-refractivity contribution in [2.75, 3.05) is 51.6 Å². The lowest BCUT2D eigenvalue weighted by atomic mass is 10.4. The van der Waals surface area contributed by atoms with Crippen molar-refractivity contribution in [3.05, 3.63) is 18.0 Å². The van der Waals surface area contributed by atoms with Gasteiger partial charge in [0.15, 0.2) is 5.96 Å². The molecule has 0 atom stereocenters. The number of anilines is 1. The number of carbonyl (C=O) groups excluding carboxylic acids is 1. The molecule has 28 heavy (non-hydrogen) atoms. The number of aliphatic imine (C=N–C) groups is 1. The maximum absolute atomic E-state index is 12.7. The number of hydrogen-bond donors (Lipinski definition) is 2. The van der Waals surface area contributed by atoms with E-state index in [4.69, 9.17) is 0 Å². The minimum atomic E-state index is -4.52. The highest BCUT2D eigenvalue weighted by Gasteiger charge is 2.32. The second-order valence-corrected chi connectivity index (χ2v) is 5.85. The number of aromatic nitrogens is 2. The highest BCUT2D eigenvalue weighted by atomic mass is 19.4. The minimum Gasteiger partial charge on any atom is -0.357 e. The van der Waals surface area contributed by atoms with Crippen molar-refractivity contribution in [3.8, 4) is 0 Å². The molecule has 0 aliphatic rings. The topological polar surface area (TPSA) is 85.7 Å². The molecule has 0 aliphatic heterocycles. The molecule has 158 valence electrons. The predicted octanol–water partition coefficient (Wildman–Crippen LogP) is 1.67. The van der Waals surface area contributed by atoms with Gasteiger partial charge in [0.2, 0.25) is 11.9 Å². The van der Waals surface area contributed by atoms with Gasteiger partial charge >= 0.3 is 6.18 Å². The lowest BCUT2D eigenvalue weighted by molar-refractivity contribution is -0.141. The summed E-state index contributed by atoms with van der Waals surface area (Å²) in [6, 6.07) is 0.814. The van der Waals surface area contributed by atoms with Gasteiger partial charge in [-0.1, -0.05) is 0 Å². The number of hydrogen-bond acceptors (Lipinski definition) is 5. The third-order valence-corrected chi connectivity index (χ3v) is 3.79. The molecule has 0 aliphatic carbocycles. The van der Waals surface area contributed by atoms with Crippen molar-refractivity contribution >= 4 is 17.8 Å². The summed E-state index contributed by atoms with van der Waals surface area (Å²) in [7, 11) is 1.76. The van der Waals surface area contributed by atoms with Crippen LogP contribution < -0.4 is 10.6 Å². The number of likely N-dealkylation sites (N-methyl/N-ethyl adjacent to an activating group) is 2. The number of nitrogens with one attached hydrogen (secondary N) is 2. The van der Waals surface area contributed by atoms with E-state index in [1.165, 1.54) is 0 Å². The van der Waals surface area contributed by atoms with Crippen molar-refractivity contribution < 1.29 is 18.0 Å². The molecule has 0 unspecified atom stereocenters. The SMILES string of the molecule is CCNC(=NCCNc1nccc(C(F)(F)F)n1)N(C)CC(=O)N(CC)CC. The maximum Gasteiger partial charge on any atom is 0.433 e. The van der Waals surface area contributed by atoms with Crippen LogP contribution in [0.4, 0.5) is 19.1 Å². The summed E-state index contributed by atoms with van der Waals surface area (Å²) in [6.45, 7) is 8.33. The van der Waals surface area contributed by atoms with E-state index in [-0.39, 0.29) is 31.5 Å². The van der Waals surface area contributed by atoms with Crippen molar-refractivity contribution in [2.24, 2.45) is 4.99 Å². The zero-order valence-corrected chi connectivity index (χ0v) is 16.7. The second-order valence-electron chi connectivity index (χ2n) is 5.85. The predicted molar refractivity (Wildman–Crippen MR) is 102 cm³/mol. The summed E-state index contributed by atoms with van der Waals surface area (Å²) in [4.78, 5) is 27.3. The number of rotatable bonds is 9. The smallest absolute Gasteiger partial charge is 0.357 e. The largest absolute Gasteiger partial charge is 0.433 e. The van der Waals surface area contributed by atoms with Crippen molar-refractivity contribution in [3.63, 3.8) is 0 Å². The lowest BCUT2D eigenvalue weighted by Crippen LogP contribution is -2.45. The monoisotopic (exact) mass is 403 g/mol. The molecule has 0 aromatic carbocycles. The molecule has 0 spiro atoms. The van der Waals surface area contributed by atoms with E-state index in [0.717, 1.165) is 12.3 Å². The van der Waals surface area contributed by atoms with Gasteiger partial charge < -0.3 is 20.4 Å². The summed E-state index contributed by atoms with van der Waals surface area (Å²) in [5.41, 5.74) is -1.00. The Labute approximate surface area is 163 Å². The Morgan fingerprint density at radius 1 is 1.25 bits per heavy atom.